The molecule has 0 aromatic heterocycles. The van der Waals surface area contributed by atoms with Gasteiger partial charge in [0.2, 0.25) is 0 Å². The zero-order chi connectivity index (χ0) is 15.4. The second-order valence-corrected chi connectivity index (χ2v) is 6.10. The van der Waals surface area contributed by atoms with E-state index in [1.54, 1.807) is 6.07 Å². The van der Waals surface area contributed by atoms with Gasteiger partial charge in [-0.25, -0.2) is 0 Å². The molecule has 0 atom stereocenters. The van der Waals surface area contributed by atoms with Crippen LogP contribution in [0.5, 0.6) is 0 Å². The van der Waals surface area contributed by atoms with Crippen molar-refractivity contribution in [1.82, 2.24) is 4.90 Å². The number of nitrogen functional groups attached to an aromatic ring is 1. The van der Waals surface area contributed by atoms with Crippen molar-refractivity contribution in [3.05, 3.63) is 33.9 Å². The van der Waals surface area contributed by atoms with Gasteiger partial charge in [0, 0.05) is 18.7 Å². The van der Waals surface area contributed by atoms with Gasteiger partial charge >= 0.3 is 0 Å². The van der Waals surface area contributed by atoms with E-state index in [2.05, 4.69) is 18.9 Å². The van der Waals surface area contributed by atoms with Crippen molar-refractivity contribution in [1.29, 1.82) is 0 Å². The van der Waals surface area contributed by atoms with Gasteiger partial charge in [-0.15, -0.1) is 0 Å². The van der Waals surface area contributed by atoms with Crippen LogP contribution in [0.15, 0.2) is 18.2 Å². The highest BCUT2D eigenvalue weighted by atomic mass is 16.6. The smallest absolute Gasteiger partial charge is 0.292 e. The number of anilines is 1. The summed E-state index contributed by atoms with van der Waals surface area (Å²) in [6, 6.07) is 5.62. The van der Waals surface area contributed by atoms with E-state index in [0.717, 1.165) is 11.5 Å². The van der Waals surface area contributed by atoms with Crippen molar-refractivity contribution >= 4 is 11.4 Å². The van der Waals surface area contributed by atoms with Crippen LogP contribution in [-0.2, 0) is 6.54 Å². The highest BCUT2D eigenvalue weighted by Crippen LogP contribution is 2.31. The molecule has 0 bridgehead atoms. The first-order valence-corrected chi connectivity index (χ1v) is 7.74. The van der Waals surface area contributed by atoms with Crippen molar-refractivity contribution in [3.8, 4) is 0 Å². The van der Waals surface area contributed by atoms with Gasteiger partial charge in [-0.1, -0.05) is 25.5 Å². The SMILES string of the molecule is CCC1CCC(N(C)Cc2cccc([N+](=O)[O-])c2N)CC1. The minimum atomic E-state index is -0.411. The lowest BCUT2D eigenvalue weighted by molar-refractivity contribution is -0.384. The summed E-state index contributed by atoms with van der Waals surface area (Å²) in [4.78, 5) is 12.8. The van der Waals surface area contributed by atoms with Crippen molar-refractivity contribution in [3.63, 3.8) is 0 Å². The van der Waals surface area contributed by atoms with E-state index in [1.807, 2.05) is 6.07 Å². The monoisotopic (exact) mass is 291 g/mol. The molecule has 116 valence electrons. The van der Waals surface area contributed by atoms with Crippen molar-refractivity contribution in [2.45, 2.75) is 51.6 Å². The summed E-state index contributed by atoms with van der Waals surface area (Å²) >= 11 is 0. The standard InChI is InChI=1S/C16H25N3O2/c1-3-12-7-9-14(10-8-12)18(2)11-13-5-4-6-15(16(13)17)19(20)21/h4-6,12,14H,3,7-11,17H2,1-2H3. The zero-order valence-electron chi connectivity index (χ0n) is 12.9. The summed E-state index contributed by atoms with van der Waals surface area (Å²) in [7, 11) is 2.09. The molecule has 0 heterocycles. The molecule has 0 amide bonds. The van der Waals surface area contributed by atoms with Crippen LogP contribution in [-0.4, -0.2) is 22.9 Å². The van der Waals surface area contributed by atoms with Gasteiger partial charge in [0.1, 0.15) is 5.69 Å². The Labute approximate surface area is 126 Å². The first-order chi connectivity index (χ1) is 10.0. The predicted molar refractivity (Wildman–Crippen MR) is 85.0 cm³/mol. The second kappa shape index (κ2) is 6.89. The molecule has 1 aliphatic rings. The van der Waals surface area contributed by atoms with Gasteiger partial charge in [-0.3, -0.25) is 15.0 Å². The fourth-order valence-corrected chi connectivity index (χ4v) is 3.29. The number of hydrogen-bond donors (Lipinski definition) is 1. The van der Waals surface area contributed by atoms with Crippen LogP contribution in [0.3, 0.4) is 0 Å². The highest BCUT2D eigenvalue weighted by molar-refractivity contribution is 5.62. The van der Waals surface area contributed by atoms with E-state index >= 15 is 0 Å². The molecule has 1 saturated carbocycles. The van der Waals surface area contributed by atoms with E-state index in [4.69, 9.17) is 5.73 Å². The lowest BCUT2D eigenvalue weighted by Crippen LogP contribution is -2.34. The van der Waals surface area contributed by atoms with Gasteiger partial charge in [-0.2, -0.15) is 0 Å². The molecule has 1 aromatic rings. The molecule has 5 nitrogen and oxygen atoms in total. The molecular formula is C16H25N3O2. The van der Waals surface area contributed by atoms with Crippen LogP contribution >= 0.6 is 0 Å². The fraction of sp³-hybridized carbons (Fsp3) is 0.625. The number of nitrogens with two attached hydrogens (primary N) is 1. The lowest BCUT2D eigenvalue weighted by atomic mass is 9.84. The molecule has 1 fully saturated rings. The summed E-state index contributed by atoms with van der Waals surface area (Å²) in [5, 5.41) is 10.9. The molecular weight excluding hydrogens is 266 g/mol. The molecule has 21 heavy (non-hydrogen) atoms. The maximum atomic E-state index is 10.9. The quantitative estimate of drug-likeness (QED) is 0.511. The third-order valence-corrected chi connectivity index (χ3v) is 4.81. The van der Waals surface area contributed by atoms with Crippen LogP contribution in [0.4, 0.5) is 11.4 Å². The Morgan fingerprint density at radius 3 is 2.57 bits per heavy atom. The summed E-state index contributed by atoms with van der Waals surface area (Å²) in [5.41, 5.74) is 7.10. The maximum Gasteiger partial charge on any atom is 0.292 e. The second-order valence-electron chi connectivity index (χ2n) is 6.10. The number of rotatable bonds is 5. The van der Waals surface area contributed by atoms with Gasteiger partial charge in [0.15, 0.2) is 0 Å². The van der Waals surface area contributed by atoms with E-state index < -0.39 is 4.92 Å². The van der Waals surface area contributed by atoms with E-state index in [-0.39, 0.29) is 5.69 Å². The highest BCUT2D eigenvalue weighted by Gasteiger charge is 2.24. The Kier molecular flexibility index (Phi) is 5.17. The first kappa shape index (κ1) is 15.8. The largest absolute Gasteiger partial charge is 0.393 e. The number of nitro groups is 1. The summed E-state index contributed by atoms with van der Waals surface area (Å²) in [6.07, 6.45) is 6.27. The molecule has 0 saturated heterocycles. The average molecular weight is 291 g/mol. The summed E-state index contributed by atoms with van der Waals surface area (Å²) in [6.45, 7) is 2.94. The van der Waals surface area contributed by atoms with E-state index in [9.17, 15) is 10.1 Å². The first-order valence-electron chi connectivity index (χ1n) is 7.74. The van der Waals surface area contributed by atoms with Gasteiger partial charge in [0.05, 0.1) is 4.92 Å². The van der Waals surface area contributed by atoms with Gasteiger partial charge in [0.25, 0.3) is 5.69 Å². The minimum absolute atomic E-state index is 0.00981. The summed E-state index contributed by atoms with van der Waals surface area (Å²) in [5.74, 6) is 0.873. The topological polar surface area (TPSA) is 72.4 Å². The molecule has 0 spiro atoms. The Hall–Kier alpha value is -1.62. The van der Waals surface area contributed by atoms with Gasteiger partial charge < -0.3 is 5.73 Å². The molecule has 2 rings (SSSR count). The molecule has 0 unspecified atom stereocenters. The predicted octanol–water partition coefficient (Wildman–Crippen LogP) is 3.58. The van der Waals surface area contributed by atoms with E-state index in [0.29, 0.717) is 18.3 Å². The Bertz CT molecular complexity index is 496. The van der Waals surface area contributed by atoms with Crippen LogP contribution in [0.25, 0.3) is 0 Å². The van der Waals surface area contributed by atoms with Crippen molar-refractivity contribution in [2.75, 3.05) is 12.8 Å². The third-order valence-electron chi connectivity index (χ3n) is 4.81. The van der Waals surface area contributed by atoms with Gasteiger partial charge in [-0.05, 0) is 44.2 Å². The van der Waals surface area contributed by atoms with Crippen molar-refractivity contribution in [2.24, 2.45) is 5.92 Å². The number of hydrogen-bond acceptors (Lipinski definition) is 4. The van der Waals surface area contributed by atoms with Crippen molar-refractivity contribution < 1.29 is 4.92 Å². The summed E-state index contributed by atoms with van der Waals surface area (Å²) < 4.78 is 0. The number of benzene rings is 1. The van der Waals surface area contributed by atoms with Crippen LogP contribution in [0.2, 0.25) is 0 Å². The number of para-hydroxylation sites is 1. The minimum Gasteiger partial charge on any atom is -0.393 e. The number of nitro benzene ring substituents is 1. The van der Waals surface area contributed by atoms with Crippen LogP contribution in [0.1, 0.15) is 44.6 Å². The lowest BCUT2D eigenvalue weighted by Gasteiger charge is -2.34. The zero-order valence-corrected chi connectivity index (χ0v) is 12.9. The van der Waals surface area contributed by atoms with Crippen LogP contribution in [0, 0.1) is 16.0 Å². The average Bonchev–Trinajstić information content (AvgIpc) is 2.49. The Morgan fingerprint density at radius 2 is 2.00 bits per heavy atom. The Balaban J connectivity index is 2.02. The molecule has 1 aliphatic carbocycles. The molecule has 0 radical (unpaired) electrons. The molecule has 5 heteroatoms. The number of nitrogens with zero attached hydrogens (tertiary/aromatic N) is 2. The third kappa shape index (κ3) is 3.73. The van der Waals surface area contributed by atoms with Crippen LogP contribution < -0.4 is 5.73 Å². The molecule has 1 aromatic carbocycles. The normalized spacial score (nSPS) is 22.4. The van der Waals surface area contributed by atoms with E-state index in [1.165, 1.54) is 38.2 Å². The maximum absolute atomic E-state index is 10.9. The molecule has 0 aliphatic heterocycles. The molecule has 2 N–H and O–H groups in total. The fourth-order valence-electron chi connectivity index (χ4n) is 3.29. The Morgan fingerprint density at radius 1 is 1.33 bits per heavy atom.